The van der Waals surface area contributed by atoms with E-state index in [-0.39, 0.29) is 30.9 Å². The molecule has 2 atom stereocenters. The van der Waals surface area contributed by atoms with Crippen LogP contribution in [0.4, 0.5) is 0 Å². The van der Waals surface area contributed by atoms with Crippen LogP contribution in [0.15, 0.2) is 54.6 Å². The summed E-state index contributed by atoms with van der Waals surface area (Å²) in [5.41, 5.74) is 8.82. The number of fused-ring (bicyclic) bond motifs is 1. The highest BCUT2D eigenvalue weighted by molar-refractivity contribution is 7.18. The third-order valence-corrected chi connectivity index (χ3v) is 5.39. The number of likely N-dealkylation sites (tertiary alicyclic amines) is 1. The molecule has 0 radical (unpaired) electrons. The minimum atomic E-state index is 0. The molecular formula is C18H21Cl2N3S. The van der Waals surface area contributed by atoms with Crippen LogP contribution in [0.1, 0.15) is 16.5 Å². The molecule has 0 spiro atoms. The molecule has 128 valence electrons. The van der Waals surface area contributed by atoms with Gasteiger partial charge < -0.3 is 5.73 Å². The molecule has 3 aromatic rings. The van der Waals surface area contributed by atoms with Gasteiger partial charge in [-0.1, -0.05) is 42.5 Å². The summed E-state index contributed by atoms with van der Waals surface area (Å²) in [6, 6.07) is 19.2. The van der Waals surface area contributed by atoms with Crippen LogP contribution in [-0.2, 0) is 6.54 Å². The van der Waals surface area contributed by atoms with E-state index in [0.717, 1.165) is 25.2 Å². The second-order valence-corrected chi connectivity index (χ2v) is 7.07. The van der Waals surface area contributed by atoms with E-state index in [1.807, 2.05) is 6.07 Å². The molecule has 1 aliphatic rings. The molecule has 24 heavy (non-hydrogen) atoms. The van der Waals surface area contributed by atoms with Crippen molar-refractivity contribution in [2.24, 2.45) is 5.73 Å². The maximum Gasteiger partial charge on any atom is 0.108 e. The van der Waals surface area contributed by atoms with Gasteiger partial charge in [-0.3, -0.25) is 4.90 Å². The minimum absolute atomic E-state index is 0. The second-order valence-electron chi connectivity index (χ2n) is 5.95. The summed E-state index contributed by atoms with van der Waals surface area (Å²) >= 11 is 1.79. The van der Waals surface area contributed by atoms with Gasteiger partial charge in [0.2, 0.25) is 0 Å². The van der Waals surface area contributed by atoms with Gasteiger partial charge in [0.15, 0.2) is 0 Å². The van der Waals surface area contributed by atoms with Gasteiger partial charge in [0, 0.05) is 25.0 Å². The number of hydrogen-bond acceptors (Lipinski definition) is 4. The predicted molar refractivity (Wildman–Crippen MR) is 107 cm³/mol. The van der Waals surface area contributed by atoms with E-state index in [4.69, 9.17) is 10.7 Å². The van der Waals surface area contributed by atoms with Crippen LogP contribution in [0.25, 0.3) is 10.2 Å². The summed E-state index contributed by atoms with van der Waals surface area (Å²) in [7, 11) is 0. The van der Waals surface area contributed by atoms with Gasteiger partial charge in [0.1, 0.15) is 5.01 Å². The van der Waals surface area contributed by atoms with E-state index in [9.17, 15) is 0 Å². The quantitative estimate of drug-likeness (QED) is 0.743. The summed E-state index contributed by atoms with van der Waals surface area (Å²) in [5.74, 6) is 0.426. The van der Waals surface area contributed by atoms with Gasteiger partial charge in [-0.2, -0.15) is 0 Å². The van der Waals surface area contributed by atoms with Crippen molar-refractivity contribution >= 4 is 46.4 Å². The summed E-state index contributed by atoms with van der Waals surface area (Å²) in [6.45, 7) is 2.85. The molecule has 0 bridgehead atoms. The fourth-order valence-corrected chi connectivity index (χ4v) is 4.28. The molecule has 0 amide bonds. The van der Waals surface area contributed by atoms with E-state index in [2.05, 4.69) is 53.4 Å². The van der Waals surface area contributed by atoms with E-state index < -0.39 is 0 Å². The molecule has 2 N–H and O–H groups in total. The zero-order chi connectivity index (χ0) is 14.9. The van der Waals surface area contributed by atoms with Crippen molar-refractivity contribution in [1.82, 2.24) is 9.88 Å². The van der Waals surface area contributed by atoms with Crippen LogP contribution in [0, 0.1) is 0 Å². The average molecular weight is 382 g/mol. The van der Waals surface area contributed by atoms with Gasteiger partial charge in [-0.05, 0) is 17.7 Å². The number of hydrogen-bond donors (Lipinski definition) is 1. The van der Waals surface area contributed by atoms with Gasteiger partial charge in [-0.25, -0.2) is 4.98 Å². The monoisotopic (exact) mass is 381 g/mol. The number of thiazole rings is 1. The average Bonchev–Trinajstić information content (AvgIpc) is 3.11. The molecule has 2 aromatic carbocycles. The molecule has 1 aromatic heterocycles. The van der Waals surface area contributed by atoms with Crippen molar-refractivity contribution in [3.63, 3.8) is 0 Å². The van der Waals surface area contributed by atoms with E-state index in [0.29, 0.717) is 5.92 Å². The van der Waals surface area contributed by atoms with Crippen molar-refractivity contribution in [3.8, 4) is 0 Å². The molecule has 1 fully saturated rings. The van der Waals surface area contributed by atoms with Crippen molar-refractivity contribution in [2.75, 3.05) is 13.1 Å². The Labute approximate surface area is 158 Å². The minimum Gasteiger partial charge on any atom is -0.326 e. The van der Waals surface area contributed by atoms with Crippen LogP contribution in [-0.4, -0.2) is 29.0 Å². The zero-order valence-corrected chi connectivity index (χ0v) is 15.6. The molecule has 3 nitrogen and oxygen atoms in total. The maximum absolute atomic E-state index is 6.37. The molecule has 0 saturated carbocycles. The van der Waals surface area contributed by atoms with Crippen LogP contribution >= 0.6 is 36.2 Å². The fraction of sp³-hybridized carbons (Fsp3) is 0.278. The Morgan fingerprint density at radius 3 is 2.46 bits per heavy atom. The lowest BCUT2D eigenvalue weighted by Gasteiger charge is -2.14. The molecule has 6 heteroatoms. The third-order valence-electron chi connectivity index (χ3n) is 4.37. The first kappa shape index (κ1) is 19.2. The molecule has 2 heterocycles. The summed E-state index contributed by atoms with van der Waals surface area (Å²) in [6.07, 6.45) is 0. The highest BCUT2D eigenvalue weighted by atomic mass is 35.5. The Hall–Kier alpha value is -1.17. The van der Waals surface area contributed by atoms with Gasteiger partial charge >= 0.3 is 0 Å². The molecular weight excluding hydrogens is 361 g/mol. The topological polar surface area (TPSA) is 42.1 Å². The van der Waals surface area contributed by atoms with Crippen LogP contribution in [0.3, 0.4) is 0 Å². The van der Waals surface area contributed by atoms with Gasteiger partial charge in [-0.15, -0.1) is 36.2 Å². The number of para-hydroxylation sites is 1. The normalized spacial score (nSPS) is 20.5. The standard InChI is InChI=1S/C18H19N3S.2ClH/c19-15-11-21(10-14(15)13-6-2-1-3-7-13)12-18-20-16-8-4-5-9-17(16)22-18;;/h1-9,14-15H,10-12,19H2;2*1H/t14-,15+;;/m0../s1. The highest BCUT2D eigenvalue weighted by Crippen LogP contribution is 2.29. The SMILES string of the molecule is Cl.Cl.N[C@@H]1CN(Cc2nc3ccccc3s2)C[C@H]1c1ccccc1. The zero-order valence-electron chi connectivity index (χ0n) is 13.2. The summed E-state index contributed by atoms with van der Waals surface area (Å²) in [4.78, 5) is 7.17. The number of nitrogens with two attached hydrogens (primary N) is 1. The van der Waals surface area contributed by atoms with Crippen LogP contribution < -0.4 is 5.73 Å². The van der Waals surface area contributed by atoms with E-state index >= 15 is 0 Å². The summed E-state index contributed by atoms with van der Waals surface area (Å²) in [5, 5.41) is 1.18. The largest absolute Gasteiger partial charge is 0.326 e. The highest BCUT2D eigenvalue weighted by Gasteiger charge is 2.31. The summed E-state index contributed by atoms with van der Waals surface area (Å²) < 4.78 is 1.26. The van der Waals surface area contributed by atoms with Crippen molar-refractivity contribution < 1.29 is 0 Å². The van der Waals surface area contributed by atoms with Gasteiger partial charge in [0.05, 0.1) is 16.8 Å². The van der Waals surface area contributed by atoms with Gasteiger partial charge in [0.25, 0.3) is 0 Å². The molecule has 4 rings (SSSR count). The fourth-order valence-electron chi connectivity index (χ4n) is 3.27. The molecule has 1 saturated heterocycles. The Bertz CT molecular complexity index is 745. The lowest BCUT2D eigenvalue weighted by molar-refractivity contribution is 0.323. The molecule has 1 aliphatic heterocycles. The predicted octanol–water partition coefficient (Wildman–Crippen LogP) is 4.07. The third kappa shape index (κ3) is 3.90. The molecule has 0 unspecified atom stereocenters. The first-order valence-electron chi connectivity index (χ1n) is 7.67. The Kier molecular flexibility index (Phi) is 6.61. The first-order chi connectivity index (χ1) is 10.8. The van der Waals surface area contributed by atoms with Crippen LogP contribution in [0.5, 0.6) is 0 Å². The Balaban J connectivity index is 0.00000104. The van der Waals surface area contributed by atoms with Crippen molar-refractivity contribution in [1.29, 1.82) is 0 Å². The van der Waals surface area contributed by atoms with E-state index in [1.165, 1.54) is 15.3 Å². The Morgan fingerprint density at radius 1 is 1.00 bits per heavy atom. The lowest BCUT2D eigenvalue weighted by atomic mass is 9.95. The number of aromatic nitrogens is 1. The first-order valence-corrected chi connectivity index (χ1v) is 8.48. The van der Waals surface area contributed by atoms with Crippen molar-refractivity contribution in [2.45, 2.75) is 18.5 Å². The van der Waals surface area contributed by atoms with E-state index in [1.54, 1.807) is 11.3 Å². The number of benzene rings is 2. The van der Waals surface area contributed by atoms with Crippen molar-refractivity contribution in [3.05, 3.63) is 65.2 Å². The molecule has 0 aliphatic carbocycles. The number of rotatable bonds is 3. The Morgan fingerprint density at radius 2 is 1.71 bits per heavy atom. The number of nitrogens with zero attached hydrogens (tertiary/aromatic N) is 2. The smallest absolute Gasteiger partial charge is 0.108 e. The number of halogens is 2. The second kappa shape index (κ2) is 8.28. The maximum atomic E-state index is 6.37. The lowest BCUT2D eigenvalue weighted by Crippen LogP contribution is -2.28. The van der Waals surface area contributed by atoms with Crippen LogP contribution in [0.2, 0.25) is 0 Å².